The van der Waals surface area contributed by atoms with E-state index in [4.69, 9.17) is 4.74 Å². The molecule has 150 valence electrons. The number of hydrogen-bond donors (Lipinski definition) is 2. The van der Waals surface area contributed by atoms with E-state index in [2.05, 4.69) is 20.8 Å². The smallest absolute Gasteiger partial charge is 0.321 e. The Labute approximate surface area is 171 Å². The van der Waals surface area contributed by atoms with Gasteiger partial charge in [-0.15, -0.1) is 21.5 Å². The van der Waals surface area contributed by atoms with Crippen LogP contribution in [-0.2, 0) is 16.1 Å². The molecule has 0 radical (unpaired) electrons. The molecule has 2 atom stereocenters. The van der Waals surface area contributed by atoms with Gasteiger partial charge in [0.15, 0.2) is 11.0 Å². The Morgan fingerprint density at radius 1 is 1.39 bits per heavy atom. The number of nitrogens with one attached hydrogen (secondary N) is 2. The summed E-state index contributed by atoms with van der Waals surface area (Å²) in [5, 5.41) is 16.0. The summed E-state index contributed by atoms with van der Waals surface area (Å²) in [6.45, 7) is 3.19. The lowest BCUT2D eigenvalue weighted by Crippen LogP contribution is -2.43. The number of amides is 3. The summed E-state index contributed by atoms with van der Waals surface area (Å²) in [7, 11) is 0. The first-order valence-electron chi connectivity index (χ1n) is 9.47. The molecule has 2 aromatic rings. The number of carbonyl (C=O) groups excluding carboxylic acids is 2. The normalized spacial score (nSPS) is 20.1. The van der Waals surface area contributed by atoms with E-state index in [0.29, 0.717) is 11.7 Å². The van der Waals surface area contributed by atoms with Gasteiger partial charge in [0, 0.05) is 12.6 Å². The second-order valence-corrected chi connectivity index (χ2v) is 9.28. The minimum absolute atomic E-state index is 0.127. The molecule has 1 aliphatic carbocycles. The molecule has 1 saturated carbocycles. The molecule has 3 heterocycles. The van der Waals surface area contributed by atoms with Crippen LogP contribution in [0.4, 0.5) is 4.79 Å². The average molecular weight is 422 g/mol. The van der Waals surface area contributed by atoms with Gasteiger partial charge in [0.25, 0.3) is 0 Å². The van der Waals surface area contributed by atoms with E-state index in [9.17, 15) is 9.59 Å². The van der Waals surface area contributed by atoms with Crippen LogP contribution in [0.25, 0.3) is 10.7 Å². The van der Waals surface area contributed by atoms with Gasteiger partial charge >= 0.3 is 6.03 Å². The summed E-state index contributed by atoms with van der Waals surface area (Å²) in [6, 6.07) is 3.76. The molecule has 2 fully saturated rings. The molecule has 1 aliphatic heterocycles. The third-order valence-electron chi connectivity index (χ3n) is 4.67. The zero-order valence-corrected chi connectivity index (χ0v) is 17.2. The van der Waals surface area contributed by atoms with Gasteiger partial charge in [-0.3, -0.25) is 14.7 Å². The van der Waals surface area contributed by atoms with Crippen molar-refractivity contribution in [2.45, 2.75) is 61.7 Å². The van der Waals surface area contributed by atoms with Crippen molar-refractivity contribution in [3.05, 3.63) is 17.5 Å². The Hall–Kier alpha value is -1.91. The number of aromatic nitrogens is 3. The Morgan fingerprint density at radius 2 is 2.25 bits per heavy atom. The monoisotopic (exact) mass is 421 g/mol. The number of rotatable bonds is 7. The summed E-state index contributed by atoms with van der Waals surface area (Å²) in [6.07, 6.45) is 4.14. The van der Waals surface area contributed by atoms with E-state index < -0.39 is 11.3 Å². The van der Waals surface area contributed by atoms with E-state index in [0.717, 1.165) is 43.0 Å². The highest BCUT2D eigenvalue weighted by Crippen LogP contribution is 2.30. The predicted octanol–water partition coefficient (Wildman–Crippen LogP) is 2.65. The van der Waals surface area contributed by atoms with E-state index >= 15 is 0 Å². The van der Waals surface area contributed by atoms with Crippen LogP contribution in [0.2, 0.25) is 0 Å². The number of thioether (sulfide) groups is 1. The summed E-state index contributed by atoms with van der Waals surface area (Å²) in [5.74, 6) is 0.444. The van der Waals surface area contributed by atoms with Crippen molar-refractivity contribution in [1.29, 1.82) is 0 Å². The van der Waals surface area contributed by atoms with Crippen LogP contribution in [0.3, 0.4) is 0 Å². The first kappa shape index (κ1) is 19.4. The molecular formula is C18H23N5O3S2. The molecule has 10 heteroatoms. The highest BCUT2D eigenvalue weighted by molar-refractivity contribution is 8.00. The number of nitrogens with zero attached hydrogens (tertiary/aromatic N) is 3. The van der Waals surface area contributed by atoms with Crippen molar-refractivity contribution in [2.24, 2.45) is 0 Å². The fourth-order valence-electron chi connectivity index (χ4n) is 2.99. The highest BCUT2D eigenvalue weighted by Gasteiger charge is 2.27. The number of ether oxygens (including phenoxy) is 1. The molecule has 4 rings (SSSR count). The lowest BCUT2D eigenvalue weighted by molar-refractivity contribution is -0.119. The minimum atomic E-state index is -0.478. The van der Waals surface area contributed by atoms with Gasteiger partial charge in [-0.1, -0.05) is 17.8 Å². The number of urea groups is 1. The first-order valence-corrected chi connectivity index (χ1v) is 11.2. The molecule has 8 nitrogen and oxygen atoms in total. The molecule has 28 heavy (non-hydrogen) atoms. The van der Waals surface area contributed by atoms with Gasteiger partial charge in [-0.2, -0.15) is 0 Å². The van der Waals surface area contributed by atoms with Gasteiger partial charge in [-0.05, 0) is 44.1 Å². The van der Waals surface area contributed by atoms with Gasteiger partial charge < -0.3 is 10.1 Å². The molecule has 1 saturated heterocycles. The maximum Gasteiger partial charge on any atom is 0.321 e. The van der Waals surface area contributed by atoms with Crippen LogP contribution < -0.4 is 10.6 Å². The van der Waals surface area contributed by atoms with Crippen LogP contribution >= 0.6 is 23.1 Å². The largest absolute Gasteiger partial charge is 0.376 e. The average Bonchev–Trinajstić information content (AvgIpc) is 3.11. The molecule has 2 N–H and O–H groups in total. The number of imide groups is 1. The fraction of sp³-hybridized carbons (Fsp3) is 0.556. The quantitative estimate of drug-likeness (QED) is 0.667. The van der Waals surface area contributed by atoms with Gasteiger partial charge in [-0.25, -0.2) is 4.79 Å². The maximum absolute atomic E-state index is 12.4. The van der Waals surface area contributed by atoms with Gasteiger partial charge in [0.1, 0.15) is 0 Å². The third-order valence-corrected chi connectivity index (χ3v) is 6.62. The minimum Gasteiger partial charge on any atom is -0.376 e. The van der Waals surface area contributed by atoms with Gasteiger partial charge in [0.2, 0.25) is 5.91 Å². The lowest BCUT2D eigenvalue weighted by Gasteiger charge is -2.16. The summed E-state index contributed by atoms with van der Waals surface area (Å²) >= 11 is 2.90. The Balaban J connectivity index is 1.46. The van der Waals surface area contributed by atoms with Crippen molar-refractivity contribution < 1.29 is 14.3 Å². The molecule has 2 aliphatic rings. The molecule has 0 aromatic carbocycles. The topological polar surface area (TPSA) is 98.1 Å². The zero-order valence-electron chi connectivity index (χ0n) is 15.6. The summed E-state index contributed by atoms with van der Waals surface area (Å²) in [5.41, 5.74) is 0. The molecule has 0 bridgehead atoms. The molecule has 2 aromatic heterocycles. The Morgan fingerprint density at radius 3 is 2.93 bits per heavy atom. The van der Waals surface area contributed by atoms with Crippen molar-refractivity contribution in [1.82, 2.24) is 25.4 Å². The first-order chi connectivity index (χ1) is 13.6. The predicted molar refractivity (Wildman–Crippen MR) is 107 cm³/mol. The Kier molecular flexibility index (Phi) is 5.98. The van der Waals surface area contributed by atoms with E-state index in [1.54, 1.807) is 18.3 Å². The maximum atomic E-state index is 12.4. The van der Waals surface area contributed by atoms with E-state index in [1.165, 1.54) is 11.8 Å². The number of hydrogen-bond acceptors (Lipinski definition) is 7. The van der Waals surface area contributed by atoms with Crippen LogP contribution in [0.1, 0.15) is 32.6 Å². The molecule has 3 amide bonds. The molecule has 0 spiro atoms. The van der Waals surface area contributed by atoms with Crippen LogP contribution in [0.15, 0.2) is 22.7 Å². The summed E-state index contributed by atoms with van der Waals surface area (Å²) in [4.78, 5) is 25.2. The standard InChI is InChI=1S/C18H23N5O3S2/c1-11(16(24)20-17(25)19-12-6-7-12)28-18-22-21-15(14-5-3-9-27-14)23(18)10-13-4-2-8-26-13/h3,5,9,11-13H,2,4,6-8,10H2,1H3,(H2,19,20,24,25). The number of carbonyl (C=O) groups is 2. The van der Waals surface area contributed by atoms with Crippen molar-refractivity contribution in [2.75, 3.05) is 6.61 Å². The van der Waals surface area contributed by atoms with Crippen molar-refractivity contribution in [3.8, 4) is 10.7 Å². The van der Waals surface area contributed by atoms with E-state index in [1.807, 2.05) is 22.1 Å². The second-order valence-electron chi connectivity index (χ2n) is 7.03. The van der Waals surface area contributed by atoms with Gasteiger partial charge in [0.05, 0.1) is 22.8 Å². The van der Waals surface area contributed by atoms with Crippen LogP contribution in [-0.4, -0.2) is 50.7 Å². The number of thiophene rings is 1. The summed E-state index contributed by atoms with van der Waals surface area (Å²) < 4.78 is 7.82. The van der Waals surface area contributed by atoms with Crippen molar-refractivity contribution in [3.63, 3.8) is 0 Å². The molecular weight excluding hydrogens is 398 g/mol. The lowest BCUT2D eigenvalue weighted by atomic mass is 10.2. The second kappa shape index (κ2) is 8.62. The van der Waals surface area contributed by atoms with Crippen molar-refractivity contribution >= 4 is 35.0 Å². The fourth-order valence-corrected chi connectivity index (χ4v) is 4.57. The van der Waals surface area contributed by atoms with Crippen LogP contribution in [0.5, 0.6) is 0 Å². The SMILES string of the molecule is CC(Sc1nnc(-c2cccs2)n1CC1CCCO1)C(=O)NC(=O)NC1CC1. The van der Waals surface area contributed by atoms with Crippen LogP contribution in [0, 0.1) is 0 Å². The van der Waals surface area contributed by atoms with E-state index in [-0.39, 0.29) is 18.1 Å². The molecule has 2 unspecified atom stereocenters. The zero-order chi connectivity index (χ0) is 19.5. The Bertz CT molecular complexity index is 828. The highest BCUT2D eigenvalue weighted by atomic mass is 32.2. The third kappa shape index (κ3) is 4.73.